The lowest BCUT2D eigenvalue weighted by atomic mass is 10.0. The number of esters is 1. The fourth-order valence-corrected chi connectivity index (χ4v) is 1.06. The van der Waals surface area contributed by atoms with Crippen LogP contribution in [0.1, 0.15) is 20.8 Å². The van der Waals surface area contributed by atoms with E-state index in [4.69, 9.17) is 5.11 Å². The number of ether oxygens (including phenoxy) is 1. The van der Waals surface area contributed by atoms with Gasteiger partial charge in [0, 0.05) is 0 Å². The molecule has 0 unspecified atom stereocenters. The van der Waals surface area contributed by atoms with Crippen LogP contribution in [-0.2, 0) is 19.1 Å². The summed E-state index contributed by atoms with van der Waals surface area (Å²) in [6.45, 7) is 3.86. The number of rotatable bonds is 5. The number of carboxylic acid groups (broad SMARTS) is 1. The first kappa shape index (κ1) is 17.2. The molecule has 0 aromatic carbocycles. The van der Waals surface area contributed by atoms with Crippen molar-refractivity contribution in [3.05, 3.63) is 0 Å². The molecule has 0 fully saturated rings. The van der Waals surface area contributed by atoms with E-state index in [1.54, 1.807) is 0 Å². The highest BCUT2D eigenvalue weighted by atomic mass is 19.4. The molecule has 0 radical (unpaired) electrons. The minimum atomic E-state index is -5.21. The zero-order chi connectivity index (χ0) is 15.4. The molecule has 0 aliphatic heterocycles. The summed E-state index contributed by atoms with van der Waals surface area (Å²) in [7, 11) is 0. The van der Waals surface area contributed by atoms with E-state index in [0.717, 1.165) is 6.92 Å². The Kier molecular flexibility index (Phi) is 5.79. The highest BCUT2D eigenvalue weighted by Crippen LogP contribution is 2.16. The number of carbonyl (C=O) groups is 3. The summed E-state index contributed by atoms with van der Waals surface area (Å²) in [6.07, 6.45) is -5.87. The molecular weight excluding hydrogens is 271 g/mol. The fraction of sp³-hybridized carbons (Fsp3) is 0.700. The number of hydrogen-bond acceptors (Lipinski definition) is 4. The first-order valence-electron chi connectivity index (χ1n) is 5.27. The van der Waals surface area contributed by atoms with Gasteiger partial charge >= 0.3 is 24.0 Å². The van der Waals surface area contributed by atoms with Crippen LogP contribution in [0.4, 0.5) is 13.2 Å². The molecule has 0 aliphatic carbocycles. The van der Waals surface area contributed by atoms with E-state index in [-0.39, 0.29) is 0 Å². The maximum atomic E-state index is 12.1. The first-order valence-corrected chi connectivity index (χ1v) is 5.27. The minimum Gasteiger partial charge on any atom is -0.481 e. The van der Waals surface area contributed by atoms with Gasteiger partial charge in [-0.2, -0.15) is 13.2 Å². The van der Waals surface area contributed by atoms with Gasteiger partial charge in [0.05, 0.1) is 12.0 Å². The van der Waals surface area contributed by atoms with Crippen molar-refractivity contribution in [2.75, 3.05) is 0 Å². The molecular formula is C10H14F3NO5. The van der Waals surface area contributed by atoms with E-state index in [1.807, 2.05) is 0 Å². The molecule has 0 rings (SSSR count). The predicted octanol–water partition coefficient (Wildman–Crippen LogP) is 0.706. The standard InChI is InChI=1S/C10H14F3NO5/c1-4(2)19-8(17)6(5(3)7(15)16)14-9(18)10(11,12)13/h4-6H,1-3H3,(H,14,18)(H,15,16)/t5-,6-/m0/s1. The van der Waals surface area contributed by atoms with E-state index in [9.17, 15) is 27.6 Å². The summed E-state index contributed by atoms with van der Waals surface area (Å²) in [5.74, 6) is -6.72. The van der Waals surface area contributed by atoms with Crippen LogP contribution < -0.4 is 5.32 Å². The van der Waals surface area contributed by atoms with Crippen molar-refractivity contribution in [1.82, 2.24) is 5.32 Å². The number of alkyl halides is 3. The molecule has 0 heterocycles. The largest absolute Gasteiger partial charge is 0.481 e. The Bertz CT molecular complexity index is 367. The molecule has 0 saturated carbocycles. The van der Waals surface area contributed by atoms with Crippen molar-refractivity contribution in [1.29, 1.82) is 0 Å². The smallest absolute Gasteiger partial charge is 0.471 e. The van der Waals surface area contributed by atoms with E-state index >= 15 is 0 Å². The molecule has 110 valence electrons. The first-order chi connectivity index (χ1) is 8.46. The van der Waals surface area contributed by atoms with Crippen LogP contribution in [-0.4, -0.2) is 41.3 Å². The van der Waals surface area contributed by atoms with E-state index in [0.29, 0.717) is 0 Å². The summed E-state index contributed by atoms with van der Waals surface area (Å²) >= 11 is 0. The zero-order valence-corrected chi connectivity index (χ0v) is 10.4. The predicted molar refractivity (Wildman–Crippen MR) is 56.0 cm³/mol. The Morgan fingerprint density at radius 1 is 1.16 bits per heavy atom. The van der Waals surface area contributed by atoms with Crippen molar-refractivity contribution in [3.63, 3.8) is 0 Å². The summed E-state index contributed by atoms with van der Waals surface area (Å²) < 4.78 is 40.9. The maximum Gasteiger partial charge on any atom is 0.471 e. The third-order valence-corrected chi connectivity index (χ3v) is 2.04. The van der Waals surface area contributed by atoms with Gasteiger partial charge in [0.2, 0.25) is 0 Å². The molecule has 0 bridgehead atoms. The number of aliphatic carboxylic acids is 1. The second-order valence-corrected chi connectivity index (χ2v) is 4.06. The van der Waals surface area contributed by atoms with Gasteiger partial charge in [-0.25, -0.2) is 4.79 Å². The van der Waals surface area contributed by atoms with E-state index < -0.39 is 42.1 Å². The highest BCUT2D eigenvalue weighted by Gasteiger charge is 2.43. The second-order valence-electron chi connectivity index (χ2n) is 4.06. The van der Waals surface area contributed by atoms with Crippen LogP contribution in [0.5, 0.6) is 0 Å². The van der Waals surface area contributed by atoms with Crippen molar-refractivity contribution >= 4 is 17.8 Å². The van der Waals surface area contributed by atoms with Gasteiger partial charge in [-0.3, -0.25) is 9.59 Å². The average molecular weight is 285 g/mol. The number of carbonyl (C=O) groups excluding carboxylic acids is 2. The Labute approximate surface area is 106 Å². The van der Waals surface area contributed by atoms with Crippen LogP contribution in [0, 0.1) is 5.92 Å². The monoisotopic (exact) mass is 285 g/mol. The summed E-state index contributed by atoms with van der Waals surface area (Å²) in [5, 5.41) is 10.0. The van der Waals surface area contributed by atoms with Gasteiger partial charge in [0.25, 0.3) is 0 Å². The number of amides is 1. The Morgan fingerprint density at radius 3 is 1.95 bits per heavy atom. The van der Waals surface area contributed by atoms with Gasteiger partial charge in [0.15, 0.2) is 0 Å². The lowest BCUT2D eigenvalue weighted by Crippen LogP contribution is -2.52. The van der Waals surface area contributed by atoms with Crippen LogP contribution >= 0.6 is 0 Å². The minimum absolute atomic E-state index is 0.654. The Hall–Kier alpha value is -1.80. The van der Waals surface area contributed by atoms with Gasteiger partial charge in [-0.05, 0) is 20.8 Å². The molecule has 2 N–H and O–H groups in total. The maximum absolute atomic E-state index is 12.1. The second kappa shape index (κ2) is 6.39. The fourth-order valence-electron chi connectivity index (χ4n) is 1.06. The topological polar surface area (TPSA) is 92.7 Å². The van der Waals surface area contributed by atoms with E-state index in [2.05, 4.69) is 4.74 Å². The molecule has 2 atom stereocenters. The molecule has 0 spiro atoms. The zero-order valence-electron chi connectivity index (χ0n) is 10.4. The molecule has 6 nitrogen and oxygen atoms in total. The van der Waals surface area contributed by atoms with Crippen molar-refractivity contribution in [2.24, 2.45) is 5.92 Å². The van der Waals surface area contributed by atoms with Crippen LogP contribution in [0.25, 0.3) is 0 Å². The SMILES string of the molecule is CC(C)OC(=O)[C@@H](NC(=O)C(F)(F)F)[C@H](C)C(=O)O. The molecule has 0 aliphatic rings. The van der Waals surface area contributed by atoms with Crippen LogP contribution in [0.15, 0.2) is 0 Å². The lowest BCUT2D eigenvalue weighted by molar-refractivity contribution is -0.177. The Morgan fingerprint density at radius 2 is 1.63 bits per heavy atom. The number of hydrogen-bond donors (Lipinski definition) is 2. The number of halogens is 3. The summed E-state index contributed by atoms with van der Waals surface area (Å²) in [6, 6.07) is -1.91. The summed E-state index contributed by atoms with van der Waals surface area (Å²) in [4.78, 5) is 33.0. The highest BCUT2D eigenvalue weighted by molar-refractivity contribution is 5.90. The molecule has 9 heteroatoms. The number of carboxylic acids is 1. The van der Waals surface area contributed by atoms with E-state index in [1.165, 1.54) is 19.2 Å². The molecule has 0 saturated heterocycles. The molecule has 19 heavy (non-hydrogen) atoms. The lowest BCUT2D eigenvalue weighted by Gasteiger charge is -2.22. The normalized spacial score (nSPS) is 14.7. The van der Waals surface area contributed by atoms with Crippen molar-refractivity contribution < 1.29 is 37.4 Å². The molecule has 0 aromatic heterocycles. The molecule has 0 aromatic rings. The van der Waals surface area contributed by atoms with Gasteiger partial charge in [0.1, 0.15) is 6.04 Å². The van der Waals surface area contributed by atoms with Crippen molar-refractivity contribution in [2.45, 2.75) is 39.1 Å². The van der Waals surface area contributed by atoms with Crippen LogP contribution in [0.2, 0.25) is 0 Å². The molecule has 1 amide bonds. The average Bonchev–Trinajstić information content (AvgIpc) is 2.21. The van der Waals surface area contributed by atoms with Crippen molar-refractivity contribution in [3.8, 4) is 0 Å². The third-order valence-electron chi connectivity index (χ3n) is 2.04. The Balaban J connectivity index is 5.03. The summed E-state index contributed by atoms with van der Waals surface area (Å²) in [5.41, 5.74) is 0. The van der Waals surface area contributed by atoms with Gasteiger partial charge in [-0.15, -0.1) is 0 Å². The number of nitrogens with one attached hydrogen (secondary N) is 1. The van der Waals surface area contributed by atoms with Crippen LogP contribution in [0.3, 0.4) is 0 Å². The van der Waals surface area contributed by atoms with Gasteiger partial charge in [-0.1, -0.05) is 0 Å². The third kappa shape index (κ3) is 5.58. The quantitative estimate of drug-likeness (QED) is 0.725. The van der Waals surface area contributed by atoms with Gasteiger partial charge < -0.3 is 15.2 Å².